The smallest absolute Gasteiger partial charge is 0.179 e. The van der Waals surface area contributed by atoms with E-state index in [0.29, 0.717) is 12.4 Å². The predicted molar refractivity (Wildman–Crippen MR) is 103 cm³/mol. The van der Waals surface area contributed by atoms with E-state index in [9.17, 15) is 5.26 Å². The number of benzene rings is 1. The lowest BCUT2D eigenvalue weighted by molar-refractivity contribution is 0.283. The van der Waals surface area contributed by atoms with Crippen molar-refractivity contribution in [2.45, 2.75) is 18.8 Å². The maximum atomic E-state index is 9.22. The highest BCUT2D eigenvalue weighted by Crippen LogP contribution is 2.33. The number of piperidine rings is 1. The van der Waals surface area contributed by atoms with Crippen LogP contribution in [-0.2, 0) is 0 Å². The zero-order chi connectivity index (χ0) is 17.4. The van der Waals surface area contributed by atoms with Crippen LogP contribution in [0, 0.1) is 15.0 Å². The molecule has 1 aliphatic heterocycles. The van der Waals surface area contributed by atoms with Crippen LogP contribution in [0.1, 0.15) is 24.6 Å². The molecule has 0 aliphatic carbocycles. The molecule has 3 aromatic rings. The second-order valence-electron chi connectivity index (χ2n) is 6.12. The number of halogens is 1. The number of likely N-dealkylation sites (tertiary alicyclic amines) is 1. The molecule has 0 spiro atoms. The molecule has 4 rings (SSSR count). The number of anilines is 1. The minimum absolute atomic E-state index is 0.146. The van der Waals surface area contributed by atoms with E-state index in [2.05, 4.69) is 38.9 Å². The molecular formula is C17H16IN7. The first-order valence-corrected chi connectivity index (χ1v) is 9.15. The van der Waals surface area contributed by atoms with Gasteiger partial charge in [0.05, 0.1) is 0 Å². The monoisotopic (exact) mass is 445 g/mol. The van der Waals surface area contributed by atoms with E-state index in [1.54, 1.807) is 9.42 Å². The number of fused-ring (bicyclic) bond motifs is 1. The molecule has 1 aromatic carbocycles. The molecule has 0 amide bonds. The van der Waals surface area contributed by atoms with Crippen molar-refractivity contribution < 1.29 is 0 Å². The summed E-state index contributed by atoms with van der Waals surface area (Å²) in [6.45, 7) is 1.46. The summed E-state index contributed by atoms with van der Waals surface area (Å²) in [7, 11) is 0. The first-order chi connectivity index (χ1) is 12.2. The molecular weight excluding hydrogens is 429 g/mol. The minimum atomic E-state index is 0.146. The molecule has 1 unspecified atom stereocenters. The number of aromatic nitrogens is 4. The van der Waals surface area contributed by atoms with Crippen molar-refractivity contribution in [1.82, 2.24) is 24.5 Å². The second kappa shape index (κ2) is 6.48. The van der Waals surface area contributed by atoms with Gasteiger partial charge in [0, 0.05) is 28.1 Å². The third-order valence-corrected chi connectivity index (χ3v) is 5.25. The van der Waals surface area contributed by atoms with Crippen LogP contribution in [0.25, 0.3) is 16.8 Å². The third kappa shape index (κ3) is 2.89. The number of hydrogen-bond acceptors (Lipinski definition) is 6. The number of imidazole rings is 1. The largest absolute Gasteiger partial charge is 0.382 e. The van der Waals surface area contributed by atoms with Crippen molar-refractivity contribution in [3.05, 3.63) is 40.0 Å². The Hall–Kier alpha value is -2.41. The average molecular weight is 445 g/mol. The van der Waals surface area contributed by atoms with Gasteiger partial charge in [0.15, 0.2) is 12.0 Å². The third-order valence-electron chi connectivity index (χ3n) is 4.53. The minimum Gasteiger partial charge on any atom is -0.382 e. The van der Waals surface area contributed by atoms with Crippen molar-refractivity contribution in [3.8, 4) is 17.5 Å². The molecule has 1 saturated heterocycles. The zero-order valence-corrected chi connectivity index (χ0v) is 15.6. The lowest BCUT2D eigenvalue weighted by Gasteiger charge is -2.27. The summed E-state index contributed by atoms with van der Waals surface area (Å²) in [6.07, 6.45) is 5.64. The fourth-order valence-electron chi connectivity index (χ4n) is 3.33. The van der Waals surface area contributed by atoms with Gasteiger partial charge < -0.3 is 10.6 Å². The van der Waals surface area contributed by atoms with Crippen molar-refractivity contribution in [1.29, 1.82) is 5.26 Å². The Morgan fingerprint density at radius 1 is 1.28 bits per heavy atom. The van der Waals surface area contributed by atoms with E-state index in [1.807, 2.05) is 24.3 Å². The van der Waals surface area contributed by atoms with Crippen LogP contribution in [0.4, 0.5) is 5.82 Å². The fourth-order valence-corrected chi connectivity index (χ4v) is 3.69. The predicted octanol–water partition coefficient (Wildman–Crippen LogP) is 2.64. The number of hydrogen-bond donors (Lipinski definition) is 1. The van der Waals surface area contributed by atoms with Crippen LogP contribution in [0.3, 0.4) is 0 Å². The maximum Gasteiger partial charge on any atom is 0.179 e. The molecule has 0 bridgehead atoms. The Labute approximate surface area is 158 Å². The molecule has 25 heavy (non-hydrogen) atoms. The molecule has 0 radical (unpaired) electrons. The van der Waals surface area contributed by atoms with Crippen LogP contribution in [0.15, 0.2) is 30.6 Å². The Balaban J connectivity index is 1.87. The zero-order valence-electron chi connectivity index (χ0n) is 13.4. The summed E-state index contributed by atoms with van der Waals surface area (Å²) in [4.78, 5) is 10.8. The molecule has 2 aromatic heterocycles. The first-order valence-electron chi connectivity index (χ1n) is 8.07. The van der Waals surface area contributed by atoms with Gasteiger partial charge in [-0.15, -0.1) is 0 Å². The normalized spacial score (nSPS) is 17.6. The molecule has 0 saturated carbocycles. The number of nitrogens with zero attached hydrogens (tertiary/aromatic N) is 6. The molecule has 2 N–H and O–H groups in total. The lowest BCUT2D eigenvalue weighted by Crippen LogP contribution is -2.31. The Kier molecular flexibility index (Phi) is 4.17. The Bertz CT molecular complexity index is 958. The van der Waals surface area contributed by atoms with Crippen molar-refractivity contribution in [2.75, 3.05) is 18.8 Å². The molecule has 1 atom stereocenters. The summed E-state index contributed by atoms with van der Waals surface area (Å²) in [5.74, 6) is 1.40. The summed E-state index contributed by atoms with van der Waals surface area (Å²) < 4.78 is 2.95. The van der Waals surface area contributed by atoms with E-state index in [0.717, 1.165) is 45.6 Å². The first kappa shape index (κ1) is 16.1. The molecule has 8 heteroatoms. The topological polar surface area (TPSA) is 96.1 Å². The second-order valence-corrected chi connectivity index (χ2v) is 7.36. The highest BCUT2D eigenvalue weighted by molar-refractivity contribution is 14.1. The van der Waals surface area contributed by atoms with E-state index >= 15 is 0 Å². The number of nitrogen functional groups attached to an aromatic ring is 1. The average Bonchev–Trinajstić information content (AvgIpc) is 3.03. The Morgan fingerprint density at radius 2 is 2.08 bits per heavy atom. The molecule has 126 valence electrons. The van der Waals surface area contributed by atoms with Crippen LogP contribution in [0.2, 0.25) is 0 Å². The molecule has 1 fully saturated rings. The van der Waals surface area contributed by atoms with Crippen LogP contribution < -0.4 is 5.73 Å². The molecule has 3 heterocycles. The molecule has 1 aliphatic rings. The fraction of sp³-hybridized carbons (Fsp3) is 0.294. The van der Waals surface area contributed by atoms with Gasteiger partial charge in [-0.3, -0.25) is 0 Å². The van der Waals surface area contributed by atoms with Gasteiger partial charge in [0.2, 0.25) is 0 Å². The number of rotatable bonds is 2. The molecule has 7 nitrogen and oxygen atoms in total. The van der Waals surface area contributed by atoms with Gasteiger partial charge in [-0.05, 0) is 47.6 Å². The van der Waals surface area contributed by atoms with Gasteiger partial charge in [0.25, 0.3) is 0 Å². The Morgan fingerprint density at radius 3 is 2.84 bits per heavy atom. The van der Waals surface area contributed by atoms with E-state index in [1.165, 1.54) is 6.33 Å². The van der Waals surface area contributed by atoms with Crippen molar-refractivity contribution >= 4 is 33.9 Å². The van der Waals surface area contributed by atoms with Crippen LogP contribution in [0.5, 0.6) is 0 Å². The van der Waals surface area contributed by atoms with E-state index < -0.39 is 0 Å². The van der Waals surface area contributed by atoms with Crippen molar-refractivity contribution in [2.24, 2.45) is 0 Å². The lowest BCUT2D eigenvalue weighted by atomic mass is 9.98. The maximum absolute atomic E-state index is 9.22. The van der Waals surface area contributed by atoms with Gasteiger partial charge in [-0.1, -0.05) is 12.1 Å². The van der Waals surface area contributed by atoms with Crippen LogP contribution in [-0.4, -0.2) is 37.6 Å². The van der Waals surface area contributed by atoms with E-state index in [4.69, 9.17) is 10.7 Å². The van der Waals surface area contributed by atoms with Gasteiger partial charge in [-0.25, -0.2) is 14.5 Å². The van der Waals surface area contributed by atoms with E-state index in [-0.39, 0.29) is 5.92 Å². The highest BCUT2D eigenvalue weighted by atomic mass is 127. The quantitative estimate of drug-likeness (QED) is 0.482. The summed E-state index contributed by atoms with van der Waals surface area (Å²) in [5.41, 5.74) is 8.65. The number of nitrogens with two attached hydrogens (primary N) is 1. The van der Waals surface area contributed by atoms with Gasteiger partial charge >= 0.3 is 0 Å². The SMILES string of the molecule is N#CN1CCCC(c2nc(-c3ccc(I)cc3)c3c(N)ncnn23)C1. The summed E-state index contributed by atoms with van der Waals surface area (Å²) in [6, 6.07) is 8.14. The van der Waals surface area contributed by atoms with Gasteiger partial charge in [-0.2, -0.15) is 10.4 Å². The van der Waals surface area contributed by atoms with Crippen molar-refractivity contribution in [3.63, 3.8) is 0 Å². The number of nitriles is 1. The summed E-state index contributed by atoms with van der Waals surface area (Å²) >= 11 is 2.28. The van der Waals surface area contributed by atoms with Crippen LogP contribution >= 0.6 is 22.6 Å². The highest BCUT2D eigenvalue weighted by Gasteiger charge is 2.27. The van der Waals surface area contributed by atoms with Gasteiger partial charge in [0.1, 0.15) is 23.4 Å². The summed E-state index contributed by atoms with van der Waals surface area (Å²) in [5, 5.41) is 13.6. The standard InChI is InChI=1S/C17H16IN7/c18-13-5-3-11(4-6-13)14-15-16(20)21-10-22-25(15)17(23-14)12-2-1-7-24(8-12)9-19/h3-6,10,12H,1-2,7-8H2,(H2,20,21,22).